The lowest BCUT2D eigenvalue weighted by Crippen LogP contribution is -2.43. The topological polar surface area (TPSA) is 98.1 Å². The molecule has 2 aliphatic rings. The van der Waals surface area contributed by atoms with E-state index in [9.17, 15) is 39.6 Å². The molecule has 2 heterocycles. The maximum Gasteiger partial charge on any atom is 0.417 e. The summed E-state index contributed by atoms with van der Waals surface area (Å²) >= 11 is 0. The predicted octanol–water partition coefficient (Wildman–Crippen LogP) is 2.71. The van der Waals surface area contributed by atoms with Gasteiger partial charge in [0.25, 0.3) is 0 Å². The number of aromatic nitrogens is 4. The van der Waals surface area contributed by atoms with Gasteiger partial charge in [-0.2, -0.15) is 31.0 Å². The molecule has 2 fully saturated rings. The van der Waals surface area contributed by atoms with Crippen molar-refractivity contribution in [1.29, 1.82) is 0 Å². The molecule has 1 aliphatic heterocycles. The zero-order valence-corrected chi connectivity index (χ0v) is 17.8. The number of aryl methyl sites for hydroxylation is 1. The summed E-state index contributed by atoms with van der Waals surface area (Å²) in [4.78, 5) is 12.2. The van der Waals surface area contributed by atoms with Crippen molar-refractivity contribution < 1.29 is 39.6 Å². The Morgan fingerprint density at radius 1 is 1.15 bits per heavy atom. The molecule has 1 aromatic carbocycles. The lowest BCUT2D eigenvalue weighted by molar-refractivity contribution is -0.197. The SMILES string of the molecule is Cc1nnnn1-c1ccc(S(=O)(=O)C2CCN(C(=O)C3(C(F)(F)F)CC3)C2)c(C(F)(F)F)c1. The number of hydrogen-bond acceptors (Lipinski definition) is 6. The molecule has 1 amide bonds. The number of nitrogens with zero attached hydrogens (tertiary/aromatic N) is 5. The average molecular weight is 497 g/mol. The van der Waals surface area contributed by atoms with Crippen molar-refractivity contribution in [2.45, 2.75) is 48.7 Å². The largest absolute Gasteiger partial charge is 0.417 e. The van der Waals surface area contributed by atoms with Crippen molar-refractivity contribution in [2.24, 2.45) is 5.41 Å². The first-order valence-corrected chi connectivity index (χ1v) is 11.3. The standard InChI is InChI=1S/C18H17F6N5O3S/c1-10-25-26-27-29(10)11-2-3-14(13(8-11)17(19,20)21)33(31,32)12-4-7-28(9-12)15(30)16(5-6-16)18(22,23)24/h2-3,8,12H,4-7,9H2,1H3. The minimum Gasteiger partial charge on any atom is -0.341 e. The van der Waals surface area contributed by atoms with Crippen molar-refractivity contribution in [3.05, 3.63) is 29.6 Å². The molecular weight excluding hydrogens is 480 g/mol. The smallest absolute Gasteiger partial charge is 0.341 e. The first-order chi connectivity index (χ1) is 15.2. The van der Waals surface area contributed by atoms with Crippen molar-refractivity contribution in [3.63, 3.8) is 0 Å². The number of rotatable bonds is 4. The van der Waals surface area contributed by atoms with Gasteiger partial charge >= 0.3 is 12.4 Å². The second kappa shape index (κ2) is 7.40. The van der Waals surface area contributed by atoms with E-state index in [1.165, 1.54) is 6.92 Å². The van der Waals surface area contributed by atoms with E-state index in [1.54, 1.807) is 0 Å². The van der Waals surface area contributed by atoms with Crippen LogP contribution in [0.3, 0.4) is 0 Å². The Labute approximate surface area is 183 Å². The summed E-state index contributed by atoms with van der Waals surface area (Å²) in [6, 6.07) is 2.47. The van der Waals surface area contributed by atoms with Gasteiger partial charge in [0.15, 0.2) is 15.7 Å². The average Bonchev–Trinajstić information content (AvgIpc) is 3.20. The number of carbonyl (C=O) groups excluding carboxylic acids is 1. The van der Waals surface area contributed by atoms with Crippen LogP contribution in [0.5, 0.6) is 0 Å². The quantitative estimate of drug-likeness (QED) is 0.603. The summed E-state index contributed by atoms with van der Waals surface area (Å²) in [5.41, 5.74) is -4.09. The van der Waals surface area contributed by atoms with Crippen LogP contribution in [0.2, 0.25) is 0 Å². The third-order valence-corrected chi connectivity index (χ3v) is 8.25. The number of tetrazole rings is 1. The molecule has 33 heavy (non-hydrogen) atoms. The molecule has 1 saturated carbocycles. The number of carbonyl (C=O) groups is 1. The maximum atomic E-state index is 13.8. The van der Waals surface area contributed by atoms with Crippen LogP contribution in [0.25, 0.3) is 5.69 Å². The van der Waals surface area contributed by atoms with Gasteiger partial charge in [-0.05, 0) is 54.8 Å². The summed E-state index contributed by atoms with van der Waals surface area (Å²) in [5, 5.41) is 9.00. The van der Waals surface area contributed by atoms with Crippen LogP contribution in [0.1, 0.15) is 30.7 Å². The van der Waals surface area contributed by atoms with Crippen LogP contribution >= 0.6 is 0 Å². The molecule has 0 radical (unpaired) electrons. The van der Waals surface area contributed by atoms with Gasteiger partial charge in [0, 0.05) is 13.1 Å². The second-order valence-electron chi connectivity index (χ2n) is 8.10. The molecular formula is C18H17F6N5O3S. The molecule has 1 saturated heterocycles. The van der Waals surface area contributed by atoms with E-state index in [-0.39, 0.29) is 37.3 Å². The molecule has 0 spiro atoms. The third-order valence-electron chi connectivity index (χ3n) is 6.02. The second-order valence-corrected chi connectivity index (χ2v) is 10.3. The van der Waals surface area contributed by atoms with Crippen molar-refractivity contribution >= 4 is 15.7 Å². The predicted molar refractivity (Wildman–Crippen MR) is 98.8 cm³/mol. The van der Waals surface area contributed by atoms with Gasteiger partial charge in [0.05, 0.1) is 21.4 Å². The number of halogens is 6. The summed E-state index contributed by atoms with van der Waals surface area (Å²) in [7, 11) is -4.63. The molecule has 0 bridgehead atoms. The Hall–Kier alpha value is -2.71. The van der Waals surface area contributed by atoms with Gasteiger partial charge in [-0.25, -0.2) is 8.42 Å². The Bertz CT molecular complexity index is 1200. The fourth-order valence-electron chi connectivity index (χ4n) is 3.98. The highest BCUT2D eigenvalue weighted by Crippen LogP contribution is 2.59. The lowest BCUT2D eigenvalue weighted by Gasteiger charge is -2.25. The Balaban J connectivity index is 1.65. The molecule has 1 unspecified atom stereocenters. The van der Waals surface area contributed by atoms with Gasteiger partial charge in [0.2, 0.25) is 5.91 Å². The van der Waals surface area contributed by atoms with Gasteiger partial charge in [-0.3, -0.25) is 4.79 Å². The number of likely N-dealkylation sites (tertiary alicyclic amines) is 1. The van der Waals surface area contributed by atoms with Crippen molar-refractivity contribution in [3.8, 4) is 5.69 Å². The van der Waals surface area contributed by atoms with Gasteiger partial charge in [0.1, 0.15) is 5.41 Å². The molecule has 0 N–H and O–H groups in total. The maximum absolute atomic E-state index is 13.8. The Morgan fingerprint density at radius 2 is 1.82 bits per heavy atom. The van der Waals surface area contributed by atoms with Crippen LogP contribution in [-0.2, 0) is 20.8 Å². The molecule has 1 aromatic heterocycles. The van der Waals surface area contributed by atoms with Crippen molar-refractivity contribution in [1.82, 2.24) is 25.1 Å². The van der Waals surface area contributed by atoms with E-state index in [4.69, 9.17) is 0 Å². The van der Waals surface area contributed by atoms with Crippen LogP contribution < -0.4 is 0 Å². The van der Waals surface area contributed by atoms with E-state index in [0.717, 1.165) is 21.7 Å². The molecule has 2 aromatic rings. The highest BCUT2D eigenvalue weighted by atomic mass is 32.2. The summed E-state index contributed by atoms with van der Waals surface area (Å²) in [6.45, 7) is 0.545. The third kappa shape index (κ3) is 3.85. The van der Waals surface area contributed by atoms with Crippen LogP contribution in [0.15, 0.2) is 23.1 Å². The number of hydrogen-bond donors (Lipinski definition) is 0. The highest BCUT2D eigenvalue weighted by molar-refractivity contribution is 7.92. The molecule has 1 aliphatic carbocycles. The van der Waals surface area contributed by atoms with Gasteiger partial charge in [-0.15, -0.1) is 5.10 Å². The van der Waals surface area contributed by atoms with Crippen LogP contribution in [0, 0.1) is 12.3 Å². The van der Waals surface area contributed by atoms with E-state index in [2.05, 4.69) is 15.5 Å². The summed E-state index contributed by atoms with van der Waals surface area (Å²) in [5.74, 6) is -1.06. The minimum atomic E-state index is -5.05. The van der Waals surface area contributed by atoms with E-state index in [0.29, 0.717) is 6.07 Å². The number of amides is 1. The fourth-order valence-corrected chi connectivity index (χ4v) is 5.87. The molecule has 4 rings (SSSR count). The Kier molecular flexibility index (Phi) is 5.26. The summed E-state index contributed by atoms with van der Waals surface area (Å²) in [6.07, 6.45) is -10.9. The van der Waals surface area contributed by atoms with Gasteiger partial charge < -0.3 is 4.90 Å². The molecule has 180 valence electrons. The first-order valence-electron chi connectivity index (χ1n) is 9.75. The molecule has 15 heteroatoms. The normalized spacial score (nSPS) is 20.8. The van der Waals surface area contributed by atoms with E-state index >= 15 is 0 Å². The monoisotopic (exact) mass is 497 g/mol. The number of alkyl halides is 6. The zero-order valence-electron chi connectivity index (χ0n) is 17.0. The molecule has 8 nitrogen and oxygen atoms in total. The van der Waals surface area contributed by atoms with Crippen LogP contribution in [-0.4, -0.2) is 63.9 Å². The van der Waals surface area contributed by atoms with Crippen LogP contribution in [0.4, 0.5) is 26.3 Å². The number of sulfone groups is 1. The molecule has 1 atom stereocenters. The van der Waals surface area contributed by atoms with Gasteiger partial charge in [-0.1, -0.05) is 0 Å². The highest BCUT2D eigenvalue weighted by Gasteiger charge is 2.69. The van der Waals surface area contributed by atoms with Crippen molar-refractivity contribution in [2.75, 3.05) is 13.1 Å². The number of benzene rings is 1. The summed E-state index contributed by atoms with van der Waals surface area (Å²) < 4.78 is 108. The van der Waals surface area contributed by atoms with E-state index < -0.39 is 55.8 Å². The zero-order chi connectivity index (χ0) is 24.4. The lowest BCUT2D eigenvalue weighted by atomic mass is 10.1. The fraction of sp³-hybridized carbons (Fsp3) is 0.556. The Morgan fingerprint density at radius 3 is 2.33 bits per heavy atom. The minimum absolute atomic E-state index is 0.118. The first kappa shape index (κ1) is 23.4. The van der Waals surface area contributed by atoms with E-state index in [1.807, 2.05) is 0 Å².